The third-order valence-electron chi connectivity index (χ3n) is 6.41. The molecule has 33 heavy (non-hydrogen) atoms. The minimum Gasteiger partial charge on any atom is -0.381 e. The van der Waals surface area contributed by atoms with Crippen molar-refractivity contribution < 1.29 is 19.1 Å². The Balaban J connectivity index is 1.49. The van der Waals surface area contributed by atoms with E-state index in [2.05, 4.69) is 27.6 Å². The van der Waals surface area contributed by atoms with Crippen LogP contribution in [0.3, 0.4) is 0 Å². The summed E-state index contributed by atoms with van der Waals surface area (Å²) in [4.78, 5) is 38.5. The minimum atomic E-state index is -0.725. The van der Waals surface area contributed by atoms with Crippen LogP contribution in [0.2, 0.25) is 0 Å². The van der Waals surface area contributed by atoms with E-state index < -0.39 is 11.5 Å². The first-order valence-corrected chi connectivity index (χ1v) is 11.2. The molecule has 3 heterocycles. The molecule has 1 spiro atoms. The zero-order valence-corrected chi connectivity index (χ0v) is 18.7. The van der Waals surface area contributed by atoms with E-state index >= 15 is 0 Å². The number of nitrogens with zero attached hydrogens (tertiary/aromatic N) is 2. The number of benzene rings is 1. The van der Waals surface area contributed by atoms with Crippen LogP contribution in [0, 0.1) is 0 Å². The molecule has 9 heteroatoms. The van der Waals surface area contributed by atoms with Gasteiger partial charge in [0.15, 0.2) is 0 Å². The summed E-state index contributed by atoms with van der Waals surface area (Å²) in [7, 11) is 1.67. The molecule has 2 aliphatic rings. The van der Waals surface area contributed by atoms with E-state index in [0.29, 0.717) is 56.0 Å². The fourth-order valence-electron chi connectivity index (χ4n) is 4.52. The second-order valence-electron chi connectivity index (χ2n) is 8.48. The first-order chi connectivity index (χ1) is 15.9. The molecule has 1 atom stereocenters. The molecule has 0 bridgehead atoms. The third kappa shape index (κ3) is 4.54. The second-order valence-corrected chi connectivity index (χ2v) is 8.48. The van der Waals surface area contributed by atoms with Gasteiger partial charge in [-0.25, -0.2) is 0 Å². The van der Waals surface area contributed by atoms with Crippen LogP contribution < -0.4 is 16.0 Å². The van der Waals surface area contributed by atoms with Gasteiger partial charge in [-0.15, -0.1) is 6.58 Å². The number of anilines is 2. The lowest BCUT2D eigenvalue weighted by Gasteiger charge is -2.31. The van der Waals surface area contributed by atoms with Crippen LogP contribution in [0.15, 0.2) is 43.1 Å². The van der Waals surface area contributed by atoms with Gasteiger partial charge >= 0.3 is 0 Å². The van der Waals surface area contributed by atoms with Gasteiger partial charge in [-0.2, -0.15) is 5.10 Å². The molecule has 4 rings (SSSR count). The molecule has 1 aromatic carbocycles. The number of aryl methyl sites for hydroxylation is 1. The maximum atomic E-state index is 13.1. The molecule has 3 N–H and O–H groups in total. The van der Waals surface area contributed by atoms with Gasteiger partial charge in [-0.05, 0) is 55.9 Å². The predicted molar refractivity (Wildman–Crippen MR) is 124 cm³/mol. The van der Waals surface area contributed by atoms with Crippen molar-refractivity contribution in [3.05, 3.63) is 54.4 Å². The Labute approximate surface area is 192 Å². The molecule has 174 valence electrons. The monoisotopic (exact) mass is 451 g/mol. The number of nitrogens with one attached hydrogen (secondary N) is 3. The van der Waals surface area contributed by atoms with Gasteiger partial charge in [0, 0.05) is 37.8 Å². The zero-order chi connectivity index (χ0) is 23.4. The first-order valence-electron chi connectivity index (χ1n) is 11.2. The summed E-state index contributed by atoms with van der Waals surface area (Å²) in [5, 5.41) is 12.7. The molecule has 1 unspecified atom stereocenters. The highest BCUT2D eigenvalue weighted by Crippen LogP contribution is 2.45. The Bertz CT molecular complexity index is 1070. The quantitative estimate of drug-likeness (QED) is 0.422. The normalized spacial score (nSPS) is 17.2. The van der Waals surface area contributed by atoms with Gasteiger partial charge in [0.1, 0.15) is 11.7 Å². The fraction of sp³-hybridized carbons (Fsp3) is 0.417. The molecule has 9 nitrogen and oxygen atoms in total. The summed E-state index contributed by atoms with van der Waals surface area (Å²) >= 11 is 0. The number of amides is 3. The maximum Gasteiger partial charge on any atom is 0.270 e. The Morgan fingerprint density at radius 1 is 1.33 bits per heavy atom. The van der Waals surface area contributed by atoms with E-state index in [1.807, 2.05) is 6.07 Å². The average molecular weight is 452 g/mol. The van der Waals surface area contributed by atoms with Crippen LogP contribution in [0.25, 0.3) is 0 Å². The van der Waals surface area contributed by atoms with Gasteiger partial charge in [-0.1, -0.05) is 12.1 Å². The van der Waals surface area contributed by atoms with E-state index in [1.54, 1.807) is 31.3 Å². The number of hydrogen-bond donors (Lipinski definition) is 3. The van der Waals surface area contributed by atoms with E-state index in [4.69, 9.17) is 4.74 Å². The molecule has 1 saturated heterocycles. The van der Waals surface area contributed by atoms with Crippen molar-refractivity contribution >= 4 is 29.1 Å². The second kappa shape index (κ2) is 9.58. The topological polar surface area (TPSA) is 114 Å². The molecule has 0 aliphatic carbocycles. The van der Waals surface area contributed by atoms with Gasteiger partial charge in [0.25, 0.3) is 5.91 Å². The van der Waals surface area contributed by atoms with E-state index in [-0.39, 0.29) is 17.7 Å². The van der Waals surface area contributed by atoms with Crippen molar-refractivity contribution in [3.63, 3.8) is 0 Å². The van der Waals surface area contributed by atoms with E-state index in [9.17, 15) is 14.4 Å². The van der Waals surface area contributed by atoms with Crippen molar-refractivity contribution in [1.29, 1.82) is 0 Å². The van der Waals surface area contributed by atoms with E-state index in [0.717, 1.165) is 12.0 Å². The number of carbonyl (C=O) groups is 3. The van der Waals surface area contributed by atoms with Crippen LogP contribution in [-0.4, -0.2) is 46.8 Å². The van der Waals surface area contributed by atoms with Gasteiger partial charge in [0.05, 0.1) is 5.41 Å². The number of fused-ring (bicyclic) bond motifs is 2. The summed E-state index contributed by atoms with van der Waals surface area (Å²) in [6.07, 6.45) is 6.51. The Hall–Kier alpha value is -3.46. The van der Waals surface area contributed by atoms with Crippen LogP contribution >= 0.6 is 0 Å². The Morgan fingerprint density at radius 2 is 2.12 bits per heavy atom. The van der Waals surface area contributed by atoms with Gasteiger partial charge in [-0.3, -0.25) is 19.1 Å². The number of aromatic nitrogens is 2. The molecule has 0 radical (unpaired) electrons. The van der Waals surface area contributed by atoms with Crippen molar-refractivity contribution in [1.82, 2.24) is 15.1 Å². The zero-order valence-electron chi connectivity index (χ0n) is 18.7. The van der Waals surface area contributed by atoms with Crippen LogP contribution in [0.4, 0.5) is 11.4 Å². The smallest absolute Gasteiger partial charge is 0.270 e. The van der Waals surface area contributed by atoms with Gasteiger partial charge in [0.2, 0.25) is 11.8 Å². The molecule has 2 aliphatic heterocycles. The SMILES string of the molecule is C=CCCCC(NC(=O)c1ccnn1C)C(=O)Nc1ccc2c(c1)NC(=O)C21CCOCC1. The molecule has 3 amide bonds. The van der Waals surface area contributed by atoms with Crippen molar-refractivity contribution in [2.75, 3.05) is 23.8 Å². The molecule has 1 fully saturated rings. The van der Waals surface area contributed by atoms with Crippen molar-refractivity contribution in [3.8, 4) is 0 Å². The highest BCUT2D eigenvalue weighted by atomic mass is 16.5. The maximum absolute atomic E-state index is 13.1. The predicted octanol–water partition coefficient (Wildman–Crippen LogP) is 2.51. The summed E-state index contributed by atoms with van der Waals surface area (Å²) in [6, 6.07) is 6.35. The lowest BCUT2D eigenvalue weighted by Crippen LogP contribution is -2.44. The summed E-state index contributed by atoms with van der Waals surface area (Å²) in [5.41, 5.74) is 2.04. The van der Waals surface area contributed by atoms with Crippen LogP contribution in [0.1, 0.15) is 48.2 Å². The van der Waals surface area contributed by atoms with Crippen molar-refractivity contribution in [2.24, 2.45) is 7.05 Å². The highest BCUT2D eigenvalue weighted by Gasteiger charge is 2.47. The molecular weight excluding hydrogens is 422 g/mol. The molecule has 0 saturated carbocycles. The number of unbranched alkanes of at least 4 members (excludes halogenated alkanes) is 1. The number of hydrogen-bond acceptors (Lipinski definition) is 5. The number of rotatable bonds is 8. The third-order valence-corrected chi connectivity index (χ3v) is 6.41. The van der Waals surface area contributed by atoms with E-state index in [1.165, 1.54) is 10.9 Å². The number of carbonyl (C=O) groups excluding carboxylic acids is 3. The minimum absolute atomic E-state index is 0.0185. The number of allylic oxidation sites excluding steroid dienone is 1. The largest absolute Gasteiger partial charge is 0.381 e. The molecule has 1 aromatic heterocycles. The highest BCUT2D eigenvalue weighted by molar-refractivity contribution is 6.07. The lowest BCUT2D eigenvalue weighted by atomic mass is 9.75. The van der Waals surface area contributed by atoms with Crippen LogP contribution in [-0.2, 0) is 26.8 Å². The number of ether oxygens (including phenoxy) is 1. The first kappa shape index (κ1) is 22.7. The Morgan fingerprint density at radius 3 is 2.82 bits per heavy atom. The fourth-order valence-corrected chi connectivity index (χ4v) is 4.52. The van der Waals surface area contributed by atoms with Gasteiger partial charge < -0.3 is 20.7 Å². The average Bonchev–Trinajstić information content (AvgIpc) is 3.34. The Kier molecular flexibility index (Phi) is 6.60. The molecular formula is C24H29N5O4. The standard InChI is InChI=1S/C24H29N5O4/c1-3-4-5-6-18(27-22(31)20-9-12-25-29(20)2)21(30)26-16-7-8-17-19(15-16)28-23(32)24(17)10-13-33-14-11-24/h3,7-9,12,15,18H,1,4-6,10-11,13-14H2,2H3,(H,26,30)(H,27,31)(H,28,32). The summed E-state index contributed by atoms with van der Waals surface area (Å²) in [6.45, 7) is 4.82. The van der Waals surface area contributed by atoms with Crippen LogP contribution in [0.5, 0.6) is 0 Å². The summed E-state index contributed by atoms with van der Waals surface area (Å²) < 4.78 is 6.91. The molecule has 2 aromatic rings. The summed E-state index contributed by atoms with van der Waals surface area (Å²) in [5.74, 6) is -0.703. The lowest BCUT2D eigenvalue weighted by molar-refractivity contribution is -0.124. The van der Waals surface area contributed by atoms with Crippen molar-refractivity contribution in [2.45, 2.75) is 43.6 Å².